The summed E-state index contributed by atoms with van der Waals surface area (Å²) in [6.07, 6.45) is 0.308. The van der Waals surface area contributed by atoms with Crippen molar-refractivity contribution < 1.29 is 14.3 Å². The third-order valence-electron chi connectivity index (χ3n) is 5.43. The molecule has 2 aromatic carbocycles. The summed E-state index contributed by atoms with van der Waals surface area (Å²) >= 11 is 0. The Hall–Kier alpha value is -4.26. The molecule has 0 saturated carbocycles. The number of pyridine rings is 1. The summed E-state index contributed by atoms with van der Waals surface area (Å²) in [5, 5.41) is 7.31. The van der Waals surface area contributed by atoms with Crippen molar-refractivity contribution in [2.24, 2.45) is 0 Å². The number of carbonyl (C=O) groups is 2. The van der Waals surface area contributed by atoms with Gasteiger partial charge in [0.05, 0.1) is 11.3 Å². The average molecular weight is 455 g/mol. The van der Waals surface area contributed by atoms with Crippen molar-refractivity contribution in [3.63, 3.8) is 0 Å². The van der Waals surface area contributed by atoms with Gasteiger partial charge in [0, 0.05) is 23.1 Å². The molecule has 1 atom stereocenters. The lowest BCUT2D eigenvalue weighted by molar-refractivity contribution is -0.125. The van der Waals surface area contributed by atoms with Crippen LogP contribution >= 0.6 is 0 Å². The first-order chi connectivity index (χ1) is 16.3. The van der Waals surface area contributed by atoms with Gasteiger partial charge in [0.2, 0.25) is 6.10 Å². The quantitative estimate of drug-likeness (QED) is 0.413. The van der Waals surface area contributed by atoms with Gasteiger partial charge in [-0.05, 0) is 63.1 Å². The third-order valence-corrected chi connectivity index (χ3v) is 5.43. The number of anilines is 1. The number of nitrogens with zero attached hydrogens (tertiary/aromatic N) is 3. The summed E-state index contributed by atoms with van der Waals surface area (Å²) in [6, 6.07) is 20.0. The number of nitrogens with one attached hydrogen (secondary N) is 1. The predicted molar refractivity (Wildman–Crippen MR) is 130 cm³/mol. The van der Waals surface area contributed by atoms with Gasteiger partial charge in [0.15, 0.2) is 5.82 Å². The van der Waals surface area contributed by atoms with Crippen LogP contribution < -0.4 is 5.32 Å². The van der Waals surface area contributed by atoms with E-state index in [-0.39, 0.29) is 5.56 Å². The zero-order valence-electron chi connectivity index (χ0n) is 19.6. The van der Waals surface area contributed by atoms with Gasteiger partial charge in [-0.25, -0.2) is 14.5 Å². The third kappa shape index (κ3) is 5.04. The molecule has 4 aromatic rings. The molecule has 0 bridgehead atoms. The molecular weight excluding hydrogens is 428 g/mol. The van der Waals surface area contributed by atoms with E-state index in [0.717, 1.165) is 22.5 Å². The first kappa shape index (κ1) is 22.9. The Balaban J connectivity index is 1.56. The number of ether oxygens (including phenoxy) is 1. The number of benzene rings is 2. The Morgan fingerprint density at radius 2 is 1.71 bits per heavy atom. The van der Waals surface area contributed by atoms with Gasteiger partial charge in [0.25, 0.3) is 5.91 Å². The van der Waals surface area contributed by atoms with E-state index in [1.165, 1.54) is 6.20 Å². The molecule has 0 radical (unpaired) electrons. The fourth-order valence-corrected chi connectivity index (χ4v) is 3.64. The molecule has 1 unspecified atom stereocenters. The Bertz CT molecular complexity index is 1330. The van der Waals surface area contributed by atoms with E-state index in [1.807, 2.05) is 58.0 Å². The molecule has 4 rings (SSSR count). The van der Waals surface area contributed by atoms with Gasteiger partial charge in [0.1, 0.15) is 0 Å². The molecule has 0 aliphatic rings. The Kier molecular flexibility index (Phi) is 6.54. The molecule has 2 aromatic heterocycles. The van der Waals surface area contributed by atoms with Crippen molar-refractivity contribution in [2.75, 3.05) is 5.32 Å². The van der Waals surface area contributed by atoms with Gasteiger partial charge in [-0.15, -0.1) is 0 Å². The summed E-state index contributed by atoms with van der Waals surface area (Å²) in [6.45, 7) is 7.70. The number of aryl methyl sites for hydroxylation is 4. The number of hydrogen-bond acceptors (Lipinski definition) is 5. The van der Waals surface area contributed by atoms with Gasteiger partial charge in [-0.1, -0.05) is 42.5 Å². The molecule has 7 heteroatoms. The number of esters is 1. The highest BCUT2D eigenvalue weighted by atomic mass is 16.5. The SMILES string of the molecule is Cc1ccc(C)c(NC(=O)C(OC(=O)c2ccc(-n3nc(C)cc3C)nc2)c2ccccc2)c1. The summed E-state index contributed by atoms with van der Waals surface area (Å²) in [4.78, 5) is 30.5. The van der Waals surface area contributed by atoms with Crippen LogP contribution in [-0.4, -0.2) is 26.6 Å². The Labute approximate surface area is 198 Å². The van der Waals surface area contributed by atoms with Crippen molar-refractivity contribution in [1.29, 1.82) is 0 Å². The van der Waals surface area contributed by atoms with E-state index in [4.69, 9.17) is 4.74 Å². The second kappa shape index (κ2) is 9.70. The van der Waals surface area contributed by atoms with Crippen molar-refractivity contribution in [3.8, 4) is 5.82 Å². The van der Waals surface area contributed by atoms with Gasteiger partial charge >= 0.3 is 5.97 Å². The number of carbonyl (C=O) groups excluding carboxylic acids is 2. The van der Waals surface area contributed by atoms with Crippen molar-refractivity contribution in [1.82, 2.24) is 14.8 Å². The highest BCUT2D eigenvalue weighted by Crippen LogP contribution is 2.24. The maximum atomic E-state index is 13.2. The lowest BCUT2D eigenvalue weighted by Crippen LogP contribution is -2.26. The maximum absolute atomic E-state index is 13.2. The van der Waals surface area contributed by atoms with Crippen LogP contribution in [0.25, 0.3) is 5.82 Å². The normalized spacial score (nSPS) is 11.6. The fraction of sp³-hybridized carbons (Fsp3) is 0.185. The van der Waals surface area contributed by atoms with Crippen LogP contribution in [0.1, 0.15) is 44.5 Å². The molecule has 0 saturated heterocycles. The van der Waals surface area contributed by atoms with E-state index in [1.54, 1.807) is 41.1 Å². The van der Waals surface area contributed by atoms with Crippen LogP contribution in [0.5, 0.6) is 0 Å². The second-order valence-corrected chi connectivity index (χ2v) is 8.25. The van der Waals surface area contributed by atoms with Crippen LogP contribution in [0.4, 0.5) is 5.69 Å². The largest absolute Gasteiger partial charge is 0.444 e. The van der Waals surface area contributed by atoms with Gasteiger partial charge < -0.3 is 10.1 Å². The van der Waals surface area contributed by atoms with Gasteiger partial charge in [-0.2, -0.15) is 5.10 Å². The van der Waals surface area contributed by atoms with Crippen LogP contribution in [0, 0.1) is 27.7 Å². The number of amides is 1. The summed E-state index contributed by atoms with van der Waals surface area (Å²) in [5.74, 6) is -0.479. The van der Waals surface area contributed by atoms with E-state index in [0.29, 0.717) is 17.1 Å². The minimum Gasteiger partial charge on any atom is -0.444 e. The van der Waals surface area contributed by atoms with E-state index >= 15 is 0 Å². The molecule has 0 aliphatic carbocycles. The minimum absolute atomic E-state index is 0.241. The summed E-state index contributed by atoms with van der Waals surface area (Å²) < 4.78 is 7.39. The molecular formula is C27H26N4O3. The molecule has 2 heterocycles. The zero-order valence-corrected chi connectivity index (χ0v) is 19.6. The lowest BCUT2D eigenvalue weighted by atomic mass is 10.1. The molecule has 1 amide bonds. The number of aromatic nitrogens is 3. The van der Waals surface area contributed by atoms with Crippen molar-refractivity contribution >= 4 is 17.6 Å². The molecule has 7 nitrogen and oxygen atoms in total. The molecule has 34 heavy (non-hydrogen) atoms. The zero-order chi connectivity index (χ0) is 24.2. The topological polar surface area (TPSA) is 86.1 Å². The Morgan fingerprint density at radius 1 is 0.941 bits per heavy atom. The van der Waals surface area contributed by atoms with E-state index in [9.17, 15) is 9.59 Å². The molecule has 0 aliphatic heterocycles. The minimum atomic E-state index is -1.12. The molecule has 0 spiro atoms. The smallest absolute Gasteiger partial charge is 0.340 e. The summed E-state index contributed by atoms with van der Waals surface area (Å²) in [5.41, 5.74) is 5.24. The van der Waals surface area contributed by atoms with E-state index in [2.05, 4.69) is 15.4 Å². The molecule has 172 valence electrons. The van der Waals surface area contributed by atoms with Gasteiger partial charge in [-0.3, -0.25) is 4.79 Å². The molecule has 0 fully saturated rings. The Morgan fingerprint density at radius 3 is 2.35 bits per heavy atom. The van der Waals surface area contributed by atoms with Crippen LogP contribution in [-0.2, 0) is 9.53 Å². The lowest BCUT2D eigenvalue weighted by Gasteiger charge is -2.19. The van der Waals surface area contributed by atoms with Crippen LogP contribution in [0.15, 0.2) is 72.9 Å². The predicted octanol–water partition coefficient (Wildman–Crippen LogP) is 5.04. The first-order valence-corrected chi connectivity index (χ1v) is 11.0. The fourth-order valence-electron chi connectivity index (χ4n) is 3.64. The number of rotatable bonds is 6. The average Bonchev–Trinajstić information content (AvgIpc) is 3.18. The first-order valence-electron chi connectivity index (χ1n) is 11.0. The standard InChI is InChI=1S/C27H26N4O3/c1-17-10-11-18(2)23(14-17)29-26(32)25(21-8-6-5-7-9-21)34-27(33)22-12-13-24(28-16-22)31-20(4)15-19(3)30-31/h5-16,25H,1-4H3,(H,29,32). The highest BCUT2D eigenvalue weighted by Gasteiger charge is 2.26. The monoisotopic (exact) mass is 454 g/mol. The van der Waals surface area contributed by atoms with Crippen LogP contribution in [0.3, 0.4) is 0 Å². The summed E-state index contributed by atoms with van der Waals surface area (Å²) in [7, 11) is 0. The highest BCUT2D eigenvalue weighted by molar-refractivity contribution is 5.98. The van der Waals surface area contributed by atoms with Crippen LogP contribution in [0.2, 0.25) is 0 Å². The van der Waals surface area contributed by atoms with Crippen molar-refractivity contribution in [2.45, 2.75) is 33.8 Å². The second-order valence-electron chi connectivity index (χ2n) is 8.25. The molecule has 1 N–H and O–H groups in total. The van der Waals surface area contributed by atoms with E-state index < -0.39 is 18.0 Å². The number of hydrogen-bond donors (Lipinski definition) is 1. The van der Waals surface area contributed by atoms with Crippen molar-refractivity contribution in [3.05, 3.63) is 107 Å². The maximum Gasteiger partial charge on any atom is 0.340 e.